The van der Waals surface area contributed by atoms with E-state index < -0.39 is 5.91 Å². The minimum Gasteiger partial charge on any atom is -0.484 e. The van der Waals surface area contributed by atoms with Crippen LogP contribution < -0.4 is 21.1 Å². The first-order valence-electron chi connectivity index (χ1n) is 11.3. The van der Waals surface area contributed by atoms with Gasteiger partial charge in [0.1, 0.15) is 5.75 Å². The lowest BCUT2D eigenvalue weighted by molar-refractivity contribution is -0.119. The highest BCUT2D eigenvalue weighted by molar-refractivity contribution is 5.79. The largest absolute Gasteiger partial charge is 0.484 e. The van der Waals surface area contributed by atoms with Crippen LogP contribution in [-0.2, 0) is 11.3 Å². The summed E-state index contributed by atoms with van der Waals surface area (Å²) >= 11 is 0. The fourth-order valence-electron chi connectivity index (χ4n) is 3.81. The number of nitrogens with two attached hydrogens (primary N) is 1. The third kappa shape index (κ3) is 8.61. The van der Waals surface area contributed by atoms with Crippen LogP contribution in [0, 0.1) is 5.92 Å². The predicted molar refractivity (Wildman–Crippen MR) is 123 cm³/mol. The van der Waals surface area contributed by atoms with E-state index in [0.29, 0.717) is 24.3 Å². The Morgan fingerprint density at radius 3 is 2.57 bits per heavy atom. The molecule has 0 radical (unpaired) electrons. The van der Waals surface area contributed by atoms with E-state index >= 15 is 0 Å². The summed E-state index contributed by atoms with van der Waals surface area (Å²) in [6, 6.07) is 8.10. The van der Waals surface area contributed by atoms with Crippen molar-refractivity contribution in [1.29, 1.82) is 0 Å². The molecule has 0 aliphatic carbocycles. The number of benzene rings is 1. The van der Waals surface area contributed by atoms with Gasteiger partial charge >= 0.3 is 0 Å². The maximum absolute atomic E-state index is 10.9. The Hall–Kier alpha value is -2.28. The average Bonchev–Trinajstić information content (AvgIpc) is 3.00. The zero-order valence-electron chi connectivity index (χ0n) is 18.8. The SMILES string of the molecule is CCNC(=NCc1cccc(OCC(N)=O)c1)NCC(C(C)C)N1CCCCCC1. The minimum absolute atomic E-state index is 0.121. The fraction of sp³-hybridized carbons (Fsp3) is 0.652. The van der Waals surface area contributed by atoms with Crippen molar-refractivity contribution in [3.63, 3.8) is 0 Å². The molecule has 4 N–H and O–H groups in total. The first-order valence-corrected chi connectivity index (χ1v) is 11.3. The molecule has 2 rings (SSSR count). The first kappa shape index (κ1) is 24.0. The van der Waals surface area contributed by atoms with Crippen LogP contribution in [-0.4, -0.2) is 55.6 Å². The molecule has 1 saturated heterocycles. The number of primary amides is 1. The molecule has 1 unspecified atom stereocenters. The van der Waals surface area contributed by atoms with Crippen molar-refractivity contribution in [1.82, 2.24) is 15.5 Å². The van der Waals surface area contributed by atoms with Gasteiger partial charge in [0.15, 0.2) is 12.6 Å². The fourth-order valence-corrected chi connectivity index (χ4v) is 3.81. The number of hydrogen-bond acceptors (Lipinski definition) is 4. The van der Waals surface area contributed by atoms with Crippen molar-refractivity contribution in [2.45, 2.75) is 59.0 Å². The van der Waals surface area contributed by atoms with Crippen LogP contribution in [0.15, 0.2) is 29.3 Å². The second kappa shape index (κ2) is 13.1. The van der Waals surface area contributed by atoms with Gasteiger partial charge in [-0.15, -0.1) is 0 Å². The lowest BCUT2D eigenvalue weighted by Crippen LogP contribution is -2.49. The normalized spacial score (nSPS) is 16.7. The second-order valence-corrected chi connectivity index (χ2v) is 8.24. The van der Waals surface area contributed by atoms with Crippen LogP contribution >= 0.6 is 0 Å². The van der Waals surface area contributed by atoms with Crippen molar-refractivity contribution in [2.24, 2.45) is 16.6 Å². The number of hydrogen-bond donors (Lipinski definition) is 3. The van der Waals surface area contributed by atoms with Gasteiger partial charge in [-0.3, -0.25) is 9.69 Å². The molecule has 30 heavy (non-hydrogen) atoms. The van der Waals surface area contributed by atoms with E-state index in [1.807, 2.05) is 24.3 Å². The maximum atomic E-state index is 10.9. The number of carbonyl (C=O) groups is 1. The number of likely N-dealkylation sites (tertiary alicyclic amines) is 1. The standard InChI is InChI=1S/C23H39N5O2/c1-4-25-23(26-15-19-10-9-11-20(14-19)30-17-22(24)29)27-16-21(18(2)3)28-12-7-5-6-8-13-28/h9-11,14,18,21H,4-8,12-13,15-17H2,1-3H3,(H2,24,29)(H2,25,26,27). The number of amides is 1. The van der Waals surface area contributed by atoms with Gasteiger partial charge in [0.25, 0.3) is 5.91 Å². The summed E-state index contributed by atoms with van der Waals surface area (Å²) in [6.45, 7) is 11.2. The van der Waals surface area contributed by atoms with Crippen LogP contribution in [0.1, 0.15) is 52.0 Å². The number of ether oxygens (including phenoxy) is 1. The van der Waals surface area contributed by atoms with E-state index in [-0.39, 0.29) is 6.61 Å². The summed E-state index contributed by atoms with van der Waals surface area (Å²) in [5.74, 6) is 1.54. The number of carbonyl (C=O) groups excluding carboxylic acids is 1. The predicted octanol–water partition coefficient (Wildman–Crippen LogP) is 2.51. The molecule has 0 aromatic heterocycles. The van der Waals surface area contributed by atoms with Gasteiger partial charge in [0, 0.05) is 19.1 Å². The van der Waals surface area contributed by atoms with Gasteiger partial charge in [-0.25, -0.2) is 4.99 Å². The molecule has 1 amide bonds. The van der Waals surface area contributed by atoms with Crippen molar-refractivity contribution >= 4 is 11.9 Å². The van der Waals surface area contributed by atoms with Gasteiger partial charge in [-0.05, 0) is 56.5 Å². The van der Waals surface area contributed by atoms with Crippen LogP contribution in [0.3, 0.4) is 0 Å². The summed E-state index contributed by atoms with van der Waals surface area (Å²) in [4.78, 5) is 18.3. The van der Waals surface area contributed by atoms with Gasteiger partial charge in [-0.2, -0.15) is 0 Å². The summed E-state index contributed by atoms with van der Waals surface area (Å²) < 4.78 is 5.39. The molecule has 1 aromatic rings. The quantitative estimate of drug-likeness (QED) is 0.402. The average molecular weight is 418 g/mol. The highest BCUT2D eigenvalue weighted by Gasteiger charge is 2.22. The van der Waals surface area contributed by atoms with Crippen LogP contribution in [0.4, 0.5) is 0 Å². The molecular formula is C23H39N5O2. The lowest BCUT2D eigenvalue weighted by atomic mass is 10.0. The molecule has 7 heteroatoms. The Bertz CT molecular complexity index is 669. The number of guanidine groups is 1. The molecule has 0 bridgehead atoms. The van der Waals surface area contributed by atoms with E-state index in [2.05, 4.69) is 36.3 Å². The number of aliphatic imine (C=N–C) groups is 1. The topological polar surface area (TPSA) is 92.0 Å². The Kier molecular flexibility index (Phi) is 10.5. The maximum Gasteiger partial charge on any atom is 0.255 e. The Labute approximate surface area is 181 Å². The monoisotopic (exact) mass is 417 g/mol. The molecule has 0 spiro atoms. The Morgan fingerprint density at radius 1 is 1.20 bits per heavy atom. The highest BCUT2D eigenvalue weighted by atomic mass is 16.5. The molecule has 1 aliphatic heterocycles. The van der Waals surface area contributed by atoms with Crippen molar-refractivity contribution in [3.8, 4) is 5.75 Å². The molecule has 7 nitrogen and oxygen atoms in total. The summed E-state index contributed by atoms with van der Waals surface area (Å²) in [7, 11) is 0. The van der Waals surface area contributed by atoms with E-state index in [9.17, 15) is 4.79 Å². The van der Waals surface area contributed by atoms with Crippen molar-refractivity contribution in [2.75, 3.05) is 32.8 Å². The first-order chi connectivity index (χ1) is 14.5. The smallest absolute Gasteiger partial charge is 0.255 e. The molecular weight excluding hydrogens is 378 g/mol. The highest BCUT2D eigenvalue weighted by Crippen LogP contribution is 2.17. The molecule has 168 valence electrons. The van der Waals surface area contributed by atoms with Gasteiger partial charge in [0.2, 0.25) is 0 Å². The molecule has 1 aliphatic rings. The molecule has 1 atom stereocenters. The van der Waals surface area contributed by atoms with Crippen LogP contribution in [0.5, 0.6) is 5.75 Å². The third-order valence-electron chi connectivity index (χ3n) is 5.40. The number of nitrogens with one attached hydrogen (secondary N) is 2. The van der Waals surface area contributed by atoms with Gasteiger partial charge in [0.05, 0.1) is 6.54 Å². The summed E-state index contributed by atoms with van der Waals surface area (Å²) in [6.07, 6.45) is 5.29. The molecule has 0 saturated carbocycles. The minimum atomic E-state index is -0.485. The van der Waals surface area contributed by atoms with Gasteiger partial charge in [-0.1, -0.05) is 38.8 Å². The molecule has 1 aromatic carbocycles. The zero-order chi connectivity index (χ0) is 21.8. The van der Waals surface area contributed by atoms with Crippen molar-refractivity contribution < 1.29 is 9.53 Å². The van der Waals surface area contributed by atoms with Crippen molar-refractivity contribution in [3.05, 3.63) is 29.8 Å². The van der Waals surface area contributed by atoms with Crippen LogP contribution in [0.2, 0.25) is 0 Å². The Balaban J connectivity index is 1.97. The zero-order valence-corrected chi connectivity index (χ0v) is 18.8. The molecule has 1 fully saturated rings. The van der Waals surface area contributed by atoms with E-state index in [1.165, 1.54) is 38.8 Å². The van der Waals surface area contributed by atoms with Crippen LogP contribution in [0.25, 0.3) is 0 Å². The van der Waals surface area contributed by atoms with E-state index in [4.69, 9.17) is 15.5 Å². The van der Waals surface area contributed by atoms with E-state index in [1.54, 1.807) is 0 Å². The lowest BCUT2D eigenvalue weighted by Gasteiger charge is -2.34. The second-order valence-electron chi connectivity index (χ2n) is 8.24. The summed E-state index contributed by atoms with van der Waals surface area (Å²) in [5, 5.41) is 6.89. The van der Waals surface area contributed by atoms with E-state index in [0.717, 1.165) is 24.6 Å². The molecule has 1 heterocycles. The number of rotatable bonds is 10. The summed E-state index contributed by atoms with van der Waals surface area (Å²) in [5.41, 5.74) is 6.16. The number of nitrogens with zero attached hydrogens (tertiary/aromatic N) is 2. The third-order valence-corrected chi connectivity index (χ3v) is 5.40. The Morgan fingerprint density at radius 2 is 1.93 bits per heavy atom. The van der Waals surface area contributed by atoms with Gasteiger partial charge < -0.3 is 21.1 Å².